The fourth-order valence-corrected chi connectivity index (χ4v) is 9.15. The summed E-state index contributed by atoms with van der Waals surface area (Å²) >= 11 is 0. The molecule has 0 unspecified atom stereocenters. The average molecular weight is 773 g/mol. The van der Waals surface area contributed by atoms with Crippen LogP contribution in [0.3, 0.4) is 0 Å². The topological polar surface area (TPSA) is 109 Å². The first-order valence-electron chi connectivity index (χ1n) is 22.0. The van der Waals surface area contributed by atoms with Gasteiger partial charge in [-0.25, -0.2) is 9.97 Å². The zero-order valence-corrected chi connectivity index (χ0v) is 36.3. The molecule has 6 N–H and O–H groups in total. The summed E-state index contributed by atoms with van der Waals surface area (Å²) in [5, 5.41) is 0. The second kappa shape index (κ2) is 17.6. The van der Waals surface area contributed by atoms with Crippen molar-refractivity contribution in [2.75, 3.05) is 11.5 Å². The number of anilines is 2. The maximum absolute atomic E-state index is 6.56. The van der Waals surface area contributed by atoms with Crippen LogP contribution < -0.4 is 11.5 Å². The normalized spacial score (nSPS) is 13.0. The number of rotatable bonds is 14. The Morgan fingerprint density at radius 3 is 1.24 bits per heavy atom. The number of nitrogen functional groups attached to an aromatic ring is 2. The van der Waals surface area contributed by atoms with Crippen LogP contribution in [0.5, 0.6) is 0 Å². The molecular weight excluding hydrogens is 709 g/mol. The molecule has 0 aliphatic carbocycles. The van der Waals surface area contributed by atoms with E-state index in [1.54, 1.807) is 0 Å². The zero-order valence-electron chi connectivity index (χ0n) is 36.3. The van der Waals surface area contributed by atoms with Gasteiger partial charge in [0, 0.05) is 33.5 Å². The van der Waals surface area contributed by atoms with Crippen LogP contribution in [-0.4, -0.2) is 19.9 Å². The van der Waals surface area contributed by atoms with E-state index in [9.17, 15) is 0 Å². The molecule has 0 atom stereocenters. The van der Waals surface area contributed by atoms with Crippen LogP contribution in [0.15, 0.2) is 60.7 Å². The highest BCUT2D eigenvalue weighted by Gasteiger charge is 2.26. The Balaban J connectivity index is 1.76. The second-order valence-corrected chi connectivity index (χ2v) is 16.6. The van der Waals surface area contributed by atoms with Gasteiger partial charge in [-0.05, 0) is 171 Å². The molecule has 5 heterocycles. The largest absolute Gasteiger partial charge is 0.399 e. The number of benzene rings is 2. The lowest BCUT2D eigenvalue weighted by Crippen LogP contribution is -1.92. The lowest BCUT2D eigenvalue weighted by atomic mass is 9.93. The molecule has 0 saturated heterocycles. The number of fused-ring (bicyclic) bond motifs is 8. The number of hydrogen-bond donors (Lipinski definition) is 4. The number of nitrogens with zero attached hydrogens (tertiary/aromatic N) is 2. The van der Waals surface area contributed by atoms with Gasteiger partial charge in [-0.3, -0.25) is 0 Å². The molecule has 2 aromatic carbocycles. The van der Waals surface area contributed by atoms with E-state index >= 15 is 0 Å². The minimum absolute atomic E-state index is 0.744. The highest BCUT2D eigenvalue weighted by Crippen LogP contribution is 2.44. The number of nitrogens with two attached hydrogens (primary N) is 2. The third kappa shape index (κ3) is 7.78. The van der Waals surface area contributed by atoms with E-state index in [4.69, 9.17) is 21.4 Å². The van der Waals surface area contributed by atoms with Crippen molar-refractivity contribution in [3.05, 3.63) is 106 Å². The fourth-order valence-electron chi connectivity index (χ4n) is 9.15. The summed E-state index contributed by atoms with van der Waals surface area (Å²) in [6, 6.07) is 21.4. The van der Waals surface area contributed by atoms with E-state index < -0.39 is 0 Å². The molecule has 2 aliphatic rings. The average Bonchev–Trinajstić information content (AvgIpc) is 3.88. The predicted molar refractivity (Wildman–Crippen MR) is 251 cm³/mol. The van der Waals surface area contributed by atoms with Gasteiger partial charge in [-0.2, -0.15) is 0 Å². The first-order valence-corrected chi connectivity index (χ1v) is 22.0. The Labute approximate surface area is 346 Å². The highest BCUT2D eigenvalue weighted by atomic mass is 14.8. The summed E-state index contributed by atoms with van der Waals surface area (Å²) in [4.78, 5) is 19.4. The van der Waals surface area contributed by atoms with Crippen LogP contribution in [-0.2, 0) is 12.8 Å². The van der Waals surface area contributed by atoms with Gasteiger partial charge in [-0.1, -0.05) is 77.6 Å². The van der Waals surface area contributed by atoms with Crippen LogP contribution in [0.25, 0.3) is 66.6 Å². The summed E-state index contributed by atoms with van der Waals surface area (Å²) in [5.41, 5.74) is 37.9. The molecule has 302 valence electrons. The van der Waals surface area contributed by atoms with Crippen molar-refractivity contribution in [2.24, 2.45) is 0 Å². The van der Waals surface area contributed by atoms with Gasteiger partial charge in [-0.15, -0.1) is 0 Å². The van der Waals surface area contributed by atoms with Crippen LogP contribution in [0.4, 0.5) is 11.4 Å². The van der Waals surface area contributed by atoms with Crippen LogP contribution in [0.2, 0.25) is 0 Å². The van der Waals surface area contributed by atoms with E-state index in [0.29, 0.717) is 0 Å². The molecule has 0 spiro atoms. The lowest BCUT2D eigenvalue weighted by molar-refractivity contribution is 0.796. The van der Waals surface area contributed by atoms with Crippen LogP contribution in [0, 0.1) is 13.8 Å². The van der Waals surface area contributed by atoms with Crippen molar-refractivity contribution in [1.82, 2.24) is 19.9 Å². The van der Waals surface area contributed by atoms with Crippen LogP contribution >= 0.6 is 0 Å². The lowest BCUT2D eigenvalue weighted by Gasteiger charge is -2.09. The Kier molecular flexibility index (Phi) is 12.4. The number of aromatic nitrogens is 4. The molecule has 3 aromatic heterocycles. The van der Waals surface area contributed by atoms with Crippen molar-refractivity contribution in [3.63, 3.8) is 0 Å². The van der Waals surface area contributed by atoms with E-state index in [2.05, 4.69) is 114 Å². The monoisotopic (exact) mass is 773 g/mol. The first kappa shape index (κ1) is 40.8. The minimum atomic E-state index is 0.744. The number of H-pyrrole nitrogens is 2. The van der Waals surface area contributed by atoms with E-state index in [1.807, 2.05) is 12.1 Å². The molecule has 0 radical (unpaired) electrons. The maximum atomic E-state index is 6.56. The molecule has 0 amide bonds. The fraction of sp³-hybridized carbons (Fsp3) is 0.385. The van der Waals surface area contributed by atoms with Crippen molar-refractivity contribution in [1.29, 1.82) is 0 Å². The minimum Gasteiger partial charge on any atom is -0.399 e. The third-order valence-corrected chi connectivity index (χ3v) is 12.5. The Bertz CT molecular complexity index is 2400. The summed E-state index contributed by atoms with van der Waals surface area (Å²) < 4.78 is 0. The van der Waals surface area contributed by atoms with E-state index in [1.165, 1.54) is 44.5 Å². The van der Waals surface area contributed by atoms with Crippen LogP contribution in [0.1, 0.15) is 151 Å². The SMILES string of the molecule is CCCCC1=C(C)c2nc1cc1[nH]c(c(C)c1CCCC)c(-c1cccc(N)c1)c1nc(cc3[nH]c(c(C)c3CCCC)c2-c2cccc(N)c2)C(CCCC)=C1C. The number of aromatic amines is 2. The standard InChI is InChI=1S/C52H64N6/c1-9-13-23-39-31(5)49-47(35-19-17-21-37(53)27-35)50-33(7)41(25-15-11-3)45(57-50)30-46-42(26-16-12-4)34(8)52(58-46)48(36-20-18-22-38(54)28-36)51-32(6)40(24-14-10-2)44(56-51)29-43(39)55-49/h17-22,27-30,55,58H,9-16,23-26,53-54H2,1-8H3. The van der Waals surface area contributed by atoms with Gasteiger partial charge in [0.05, 0.1) is 33.8 Å². The number of hydrogen-bond acceptors (Lipinski definition) is 4. The van der Waals surface area contributed by atoms with Gasteiger partial charge in [0.2, 0.25) is 0 Å². The van der Waals surface area contributed by atoms with Gasteiger partial charge in [0.25, 0.3) is 0 Å². The second-order valence-electron chi connectivity index (χ2n) is 16.6. The smallest absolute Gasteiger partial charge is 0.0769 e. The third-order valence-electron chi connectivity index (χ3n) is 12.5. The predicted octanol–water partition coefficient (Wildman–Crippen LogP) is 14.4. The van der Waals surface area contributed by atoms with Gasteiger partial charge in [0.1, 0.15) is 0 Å². The van der Waals surface area contributed by atoms with E-state index in [-0.39, 0.29) is 0 Å². The summed E-state index contributed by atoms with van der Waals surface area (Å²) in [7, 11) is 0. The van der Waals surface area contributed by atoms with Crippen molar-refractivity contribution in [2.45, 2.75) is 132 Å². The summed E-state index contributed by atoms with van der Waals surface area (Å²) in [6.45, 7) is 18.2. The quantitative estimate of drug-likeness (QED) is 0.0843. The molecule has 6 nitrogen and oxygen atoms in total. The molecular formula is C52H64N6. The Morgan fingerprint density at radius 1 is 0.500 bits per heavy atom. The van der Waals surface area contributed by atoms with Gasteiger partial charge >= 0.3 is 0 Å². The number of unbranched alkanes of at least 4 members (excludes halogenated alkanes) is 4. The summed E-state index contributed by atoms with van der Waals surface area (Å²) in [6.07, 6.45) is 12.7. The Hall–Kier alpha value is -5.36. The Morgan fingerprint density at radius 2 is 0.879 bits per heavy atom. The molecule has 0 saturated carbocycles. The molecule has 0 fully saturated rings. The van der Waals surface area contributed by atoms with Crippen molar-refractivity contribution < 1.29 is 0 Å². The number of allylic oxidation sites excluding steroid dienone is 4. The summed E-state index contributed by atoms with van der Waals surface area (Å²) in [5.74, 6) is 0. The molecule has 2 aliphatic heterocycles. The van der Waals surface area contributed by atoms with Gasteiger partial charge in [0.15, 0.2) is 0 Å². The maximum Gasteiger partial charge on any atom is 0.0769 e. The molecule has 7 rings (SSSR count). The highest BCUT2D eigenvalue weighted by molar-refractivity contribution is 6.03. The molecule has 58 heavy (non-hydrogen) atoms. The zero-order chi connectivity index (χ0) is 41.1. The van der Waals surface area contributed by atoms with E-state index in [0.717, 1.165) is 156 Å². The van der Waals surface area contributed by atoms with Crippen molar-refractivity contribution >= 4 is 55.7 Å². The first-order chi connectivity index (χ1) is 28.1. The van der Waals surface area contributed by atoms with Crippen molar-refractivity contribution in [3.8, 4) is 22.3 Å². The molecule has 8 bridgehead atoms. The van der Waals surface area contributed by atoms with Gasteiger partial charge < -0.3 is 21.4 Å². The molecule has 5 aromatic rings. The number of aryl methyl sites for hydroxylation is 4. The molecule has 6 heteroatoms. The number of nitrogens with one attached hydrogen (secondary N) is 2.